The fourth-order valence-electron chi connectivity index (χ4n) is 2.56. The molecule has 0 spiro atoms. The molecule has 1 aliphatic carbocycles. The molecular formula is C15H23NS. The van der Waals surface area contributed by atoms with Gasteiger partial charge in [0.25, 0.3) is 0 Å². The Morgan fingerprint density at radius 3 is 2.88 bits per heavy atom. The number of thiophene rings is 1. The van der Waals surface area contributed by atoms with Crippen LogP contribution in [0.3, 0.4) is 0 Å². The molecule has 94 valence electrons. The molecule has 1 unspecified atom stereocenters. The number of hydrogen-bond donors (Lipinski definition) is 1. The molecule has 0 fully saturated rings. The van der Waals surface area contributed by atoms with Gasteiger partial charge < -0.3 is 5.32 Å². The van der Waals surface area contributed by atoms with Gasteiger partial charge >= 0.3 is 0 Å². The Morgan fingerprint density at radius 1 is 1.41 bits per heavy atom. The van der Waals surface area contributed by atoms with Crippen molar-refractivity contribution < 1.29 is 0 Å². The third kappa shape index (κ3) is 3.20. The number of hydrogen-bond acceptors (Lipinski definition) is 2. The highest BCUT2D eigenvalue weighted by Crippen LogP contribution is 2.34. The molecule has 0 saturated heterocycles. The van der Waals surface area contributed by atoms with Crippen molar-refractivity contribution in [3.05, 3.63) is 33.5 Å². The van der Waals surface area contributed by atoms with Gasteiger partial charge in [-0.15, -0.1) is 17.9 Å². The van der Waals surface area contributed by atoms with Crippen LogP contribution in [0.25, 0.3) is 0 Å². The molecule has 17 heavy (non-hydrogen) atoms. The molecule has 0 bridgehead atoms. The molecule has 1 N–H and O–H groups in total. The van der Waals surface area contributed by atoms with Gasteiger partial charge in [0.05, 0.1) is 0 Å². The smallest absolute Gasteiger partial charge is 0.0449 e. The van der Waals surface area contributed by atoms with Crippen molar-refractivity contribution in [3.8, 4) is 0 Å². The van der Waals surface area contributed by atoms with Crippen molar-refractivity contribution >= 4 is 11.3 Å². The molecule has 1 aromatic rings. The molecule has 0 amide bonds. The van der Waals surface area contributed by atoms with Crippen molar-refractivity contribution in [1.29, 1.82) is 0 Å². The summed E-state index contributed by atoms with van der Waals surface area (Å²) in [7, 11) is 2.05. The zero-order valence-electron chi connectivity index (χ0n) is 11.0. The van der Waals surface area contributed by atoms with E-state index in [0.29, 0.717) is 6.04 Å². The quantitative estimate of drug-likeness (QED) is 0.621. The van der Waals surface area contributed by atoms with Gasteiger partial charge in [-0.25, -0.2) is 0 Å². The van der Waals surface area contributed by atoms with Crippen LogP contribution >= 0.6 is 11.3 Å². The summed E-state index contributed by atoms with van der Waals surface area (Å²) < 4.78 is 0. The minimum Gasteiger partial charge on any atom is -0.312 e. The van der Waals surface area contributed by atoms with Crippen LogP contribution in [0.4, 0.5) is 0 Å². The van der Waals surface area contributed by atoms with Crippen molar-refractivity contribution in [3.63, 3.8) is 0 Å². The Bertz CT molecular complexity index is 368. The first-order valence-corrected chi connectivity index (χ1v) is 7.45. The summed E-state index contributed by atoms with van der Waals surface area (Å²) in [6.07, 6.45) is 7.78. The SMILES string of the molecule is C=C(C)CC(NC)c1cc2c(s1)CCCCC2. The van der Waals surface area contributed by atoms with Crippen LogP contribution in [0.1, 0.15) is 54.0 Å². The molecule has 0 aliphatic heterocycles. The number of nitrogens with one attached hydrogen (secondary N) is 1. The second-order valence-corrected chi connectivity index (χ2v) is 6.33. The largest absolute Gasteiger partial charge is 0.312 e. The maximum absolute atomic E-state index is 4.03. The standard InChI is InChI=1S/C15H23NS/c1-11(2)9-13(16-3)15-10-12-7-5-4-6-8-14(12)17-15/h10,13,16H,1,4-9H2,2-3H3. The van der Waals surface area contributed by atoms with Gasteiger partial charge in [-0.1, -0.05) is 12.0 Å². The maximum Gasteiger partial charge on any atom is 0.0449 e. The Kier molecular flexibility index (Phi) is 4.41. The maximum atomic E-state index is 4.03. The average Bonchev–Trinajstić information content (AvgIpc) is 2.57. The van der Waals surface area contributed by atoms with Crippen molar-refractivity contribution in [2.75, 3.05) is 7.05 Å². The first-order valence-electron chi connectivity index (χ1n) is 6.64. The molecule has 0 aromatic carbocycles. The van der Waals surface area contributed by atoms with E-state index in [4.69, 9.17) is 0 Å². The molecule has 2 heteroatoms. The lowest BCUT2D eigenvalue weighted by Gasteiger charge is -2.14. The van der Waals surface area contributed by atoms with Crippen LogP contribution in [-0.2, 0) is 12.8 Å². The van der Waals surface area contributed by atoms with E-state index in [1.165, 1.54) is 42.6 Å². The van der Waals surface area contributed by atoms with Gasteiger partial charge in [0, 0.05) is 15.8 Å². The van der Waals surface area contributed by atoms with E-state index in [9.17, 15) is 0 Å². The van der Waals surface area contributed by atoms with Crippen molar-refractivity contribution in [2.24, 2.45) is 0 Å². The summed E-state index contributed by atoms with van der Waals surface area (Å²) in [6, 6.07) is 2.90. The van der Waals surface area contributed by atoms with E-state index in [0.717, 1.165) is 6.42 Å². The fraction of sp³-hybridized carbons (Fsp3) is 0.600. The normalized spacial score (nSPS) is 17.3. The Labute approximate surface area is 109 Å². The molecular weight excluding hydrogens is 226 g/mol. The summed E-state index contributed by atoms with van der Waals surface area (Å²) in [5.41, 5.74) is 2.87. The third-order valence-electron chi connectivity index (χ3n) is 3.51. The van der Waals surface area contributed by atoms with Gasteiger partial charge in [-0.3, -0.25) is 0 Å². The highest BCUT2D eigenvalue weighted by atomic mass is 32.1. The monoisotopic (exact) mass is 249 g/mol. The second-order valence-electron chi connectivity index (χ2n) is 5.16. The number of fused-ring (bicyclic) bond motifs is 1. The fourth-order valence-corrected chi connectivity index (χ4v) is 3.92. The highest BCUT2D eigenvalue weighted by Gasteiger charge is 2.17. The Hall–Kier alpha value is -0.600. The predicted molar refractivity (Wildman–Crippen MR) is 76.8 cm³/mol. The third-order valence-corrected chi connectivity index (χ3v) is 4.86. The average molecular weight is 249 g/mol. The van der Waals surface area contributed by atoms with Gasteiger partial charge in [0.15, 0.2) is 0 Å². The van der Waals surface area contributed by atoms with Crippen LogP contribution in [0.15, 0.2) is 18.2 Å². The first kappa shape index (κ1) is 12.8. The molecule has 2 rings (SSSR count). The summed E-state index contributed by atoms with van der Waals surface area (Å²) in [4.78, 5) is 3.14. The Morgan fingerprint density at radius 2 is 2.18 bits per heavy atom. The van der Waals surface area contributed by atoms with Crippen LogP contribution in [0.2, 0.25) is 0 Å². The first-order chi connectivity index (χ1) is 8.20. The zero-order chi connectivity index (χ0) is 12.3. The molecule has 1 aromatic heterocycles. The molecule has 0 saturated carbocycles. The zero-order valence-corrected chi connectivity index (χ0v) is 11.8. The lowest BCUT2D eigenvalue weighted by molar-refractivity contribution is 0.599. The van der Waals surface area contributed by atoms with Crippen LogP contribution in [0, 0.1) is 0 Å². The van der Waals surface area contributed by atoms with E-state index in [1.807, 2.05) is 11.3 Å². The van der Waals surface area contributed by atoms with E-state index in [2.05, 4.69) is 31.9 Å². The lowest BCUT2D eigenvalue weighted by atomic mass is 10.1. The highest BCUT2D eigenvalue weighted by molar-refractivity contribution is 7.12. The second kappa shape index (κ2) is 5.83. The van der Waals surface area contributed by atoms with Crippen LogP contribution < -0.4 is 5.32 Å². The minimum absolute atomic E-state index is 0.462. The predicted octanol–water partition coefficient (Wildman–Crippen LogP) is 4.24. The summed E-state index contributed by atoms with van der Waals surface area (Å²) in [5.74, 6) is 0. The summed E-state index contributed by atoms with van der Waals surface area (Å²) >= 11 is 2.02. The van der Waals surface area contributed by atoms with Gasteiger partial charge in [-0.05, 0) is 57.7 Å². The van der Waals surface area contributed by atoms with Crippen LogP contribution in [-0.4, -0.2) is 7.05 Å². The lowest BCUT2D eigenvalue weighted by Crippen LogP contribution is -2.15. The molecule has 0 radical (unpaired) electrons. The van der Waals surface area contributed by atoms with Crippen molar-refractivity contribution in [1.82, 2.24) is 5.32 Å². The molecule has 1 heterocycles. The molecule has 1 nitrogen and oxygen atoms in total. The van der Waals surface area contributed by atoms with E-state index >= 15 is 0 Å². The summed E-state index contributed by atoms with van der Waals surface area (Å²) in [6.45, 7) is 6.14. The number of aryl methyl sites for hydroxylation is 2. The van der Waals surface area contributed by atoms with Crippen molar-refractivity contribution in [2.45, 2.75) is 51.5 Å². The summed E-state index contributed by atoms with van der Waals surface area (Å²) in [5, 5.41) is 3.42. The van der Waals surface area contributed by atoms with E-state index < -0.39 is 0 Å². The van der Waals surface area contributed by atoms with Gasteiger partial charge in [0.2, 0.25) is 0 Å². The van der Waals surface area contributed by atoms with Gasteiger partial charge in [0.1, 0.15) is 0 Å². The molecule has 1 atom stereocenters. The van der Waals surface area contributed by atoms with Gasteiger partial charge in [-0.2, -0.15) is 0 Å². The topological polar surface area (TPSA) is 12.0 Å². The number of rotatable bonds is 4. The minimum atomic E-state index is 0.462. The Balaban J connectivity index is 2.17. The van der Waals surface area contributed by atoms with E-state index in [1.54, 1.807) is 10.4 Å². The van der Waals surface area contributed by atoms with E-state index in [-0.39, 0.29) is 0 Å². The van der Waals surface area contributed by atoms with Crippen LogP contribution in [0.5, 0.6) is 0 Å². The molecule has 1 aliphatic rings.